The maximum absolute atomic E-state index is 14.5. The third kappa shape index (κ3) is 4.16. The molecule has 2 heterocycles. The van der Waals surface area contributed by atoms with Crippen molar-refractivity contribution in [2.24, 2.45) is 5.92 Å². The van der Waals surface area contributed by atoms with E-state index in [4.69, 9.17) is 10.00 Å². The number of nitrogens with zero attached hydrogens (tertiary/aromatic N) is 2. The number of carbonyl (C=O) groups is 1. The number of aliphatic hydroxyl groups is 1. The van der Waals surface area contributed by atoms with Crippen molar-refractivity contribution in [3.05, 3.63) is 35.1 Å². The van der Waals surface area contributed by atoms with E-state index in [0.717, 1.165) is 11.0 Å². The maximum atomic E-state index is 14.5. The highest BCUT2D eigenvalue weighted by Crippen LogP contribution is 2.51. The van der Waals surface area contributed by atoms with Crippen molar-refractivity contribution in [2.45, 2.75) is 43.1 Å². The number of alkyl halides is 3. The van der Waals surface area contributed by atoms with E-state index in [-0.39, 0.29) is 43.5 Å². The van der Waals surface area contributed by atoms with E-state index < -0.39 is 48.2 Å². The monoisotopic (exact) mass is 415 g/mol. The number of carbonyl (C=O) groups excluding carboxylic acids is 1. The highest BCUT2D eigenvalue weighted by molar-refractivity contribution is 5.62. The van der Waals surface area contributed by atoms with Crippen molar-refractivity contribution < 1.29 is 37.3 Å². The van der Waals surface area contributed by atoms with Gasteiger partial charge in [-0.25, -0.2) is 4.39 Å². The molecule has 29 heavy (non-hydrogen) atoms. The number of carboxylic acid groups (broad SMARTS) is 1. The maximum Gasteiger partial charge on any atom is 0.396 e. The molecular weight excluding hydrogens is 396 g/mol. The molecular formula is C19H19F4N2O4-. The molecule has 3 atom stereocenters. The van der Waals surface area contributed by atoms with Gasteiger partial charge in [0.25, 0.3) is 0 Å². The van der Waals surface area contributed by atoms with Gasteiger partial charge in [0.2, 0.25) is 0 Å². The Bertz CT molecular complexity index is 815. The first kappa shape index (κ1) is 21.3. The fourth-order valence-electron chi connectivity index (χ4n) is 4.30. The van der Waals surface area contributed by atoms with Gasteiger partial charge in [0.05, 0.1) is 29.9 Å². The second kappa shape index (κ2) is 7.80. The van der Waals surface area contributed by atoms with Gasteiger partial charge >= 0.3 is 6.18 Å². The Morgan fingerprint density at radius 3 is 2.59 bits per heavy atom. The summed E-state index contributed by atoms with van der Waals surface area (Å²) >= 11 is 0. The minimum Gasteiger partial charge on any atom is -0.530 e. The standard InChI is InChI=1S/C19H20F4N2O4/c20-15-2-1-11(9-24)7-12(15)13-8-18(3-5-25(6-4-18)17(27)28)29-16(13)14(10-26)19(21,22)23/h1-2,7,13-14,16,26H,3-6,8,10H2,(H,27,28)/p-1/t13?,14?,16-/m1/s1. The van der Waals surface area contributed by atoms with Crippen LogP contribution in [0.4, 0.5) is 22.4 Å². The van der Waals surface area contributed by atoms with Crippen molar-refractivity contribution in [2.75, 3.05) is 19.7 Å². The van der Waals surface area contributed by atoms with Crippen LogP contribution in [-0.4, -0.2) is 53.7 Å². The molecule has 3 rings (SSSR count). The summed E-state index contributed by atoms with van der Waals surface area (Å²) < 4.78 is 61.0. The van der Waals surface area contributed by atoms with Crippen LogP contribution in [0.2, 0.25) is 0 Å². The average Bonchev–Trinajstić information content (AvgIpc) is 3.00. The zero-order valence-electron chi connectivity index (χ0n) is 15.3. The molecule has 2 saturated heterocycles. The molecule has 6 nitrogen and oxygen atoms in total. The normalized spacial score (nSPS) is 25.0. The Morgan fingerprint density at radius 1 is 1.41 bits per heavy atom. The number of hydrogen-bond acceptors (Lipinski definition) is 5. The van der Waals surface area contributed by atoms with E-state index >= 15 is 0 Å². The number of hydrogen-bond donors (Lipinski definition) is 1. The zero-order chi connectivity index (χ0) is 21.4. The number of amides is 1. The van der Waals surface area contributed by atoms with Gasteiger partial charge in [-0.1, -0.05) is 0 Å². The number of likely N-dealkylation sites (tertiary alicyclic amines) is 1. The number of aliphatic hydroxyl groups excluding tert-OH is 1. The molecule has 1 aromatic carbocycles. The van der Waals surface area contributed by atoms with Crippen molar-refractivity contribution in [1.29, 1.82) is 5.26 Å². The lowest BCUT2D eigenvalue weighted by Crippen LogP contribution is -2.51. The lowest BCUT2D eigenvalue weighted by molar-refractivity contribution is -0.268. The van der Waals surface area contributed by atoms with Crippen LogP contribution in [0.5, 0.6) is 0 Å². The Hall–Kier alpha value is -2.38. The molecule has 0 bridgehead atoms. The van der Waals surface area contributed by atoms with Gasteiger partial charge in [0.15, 0.2) is 0 Å². The molecule has 2 fully saturated rings. The van der Waals surface area contributed by atoms with E-state index in [1.54, 1.807) is 0 Å². The molecule has 2 aliphatic rings. The predicted octanol–water partition coefficient (Wildman–Crippen LogP) is 1.92. The van der Waals surface area contributed by atoms with Crippen LogP contribution in [0.15, 0.2) is 18.2 Å². The second-order valence-corrected chi connectivity index (χ2v) is 7.51. The van der Waals surface area contributed by atoms with Gasteiger partial charge in [-0.15, -0.1) is 0 Å². The fraction of sp³-hybridized carbons (Fsp3) is 0.579. The Kier molecular flexibility index (Phi) is 5.74. The summed E-state index contributed by atoms with van der Waals surface area (Å²) in [7, 11) is 0. The highest BCUT2D eigenvalue weighted by atomic mass is 19.4. The predicted molar refractivity (Wildman–Crippen MR) is 88.9 cm³/mol. The van der Waals surface area contributed by atoms with Gasteiger partial charge in [-0.05, 0) is 43.0 Å². The summed E-state index contributed by atoms with van der Waals surface area (Å²) in [6.07, 6.45) is -7.43. The van der Waals surface area contributed by atoms with Crippen LogP contribution in [0, 0.1) is 23.1 Å². The fourth-order valence-corrected chi connectivity index (χ4v) is 4.30. The lowest BCUT2D eigenvalue weighted by Gasteiger charge is -2.40. The third-order valence-electron chi connectivity index (χ3n) is 5.85. The summed E-state index contributed by atoms with van der Waals surface area (Å²) in [5.74, 6) is -4.04. The first-order valence-electron chi connectivity index (χ1n) is 9.11. The number of benzene rings is 1. The summed E-state index contributed by atoms with van der Waals surface area (Å²) in [5, 5.41) is 29.5. The molecule has 0 radical (unpaired) electrons. The van der Waals surface area contributed by atoms with Crippen molar-refractivity contribution >= 4 is 6.09 Å². The zero-order valence-corrected chi connectivity index (χ0v) is 15.3. The van der Waals surface area contributed by atoms with Crippen LogP contribution < -0.4 is 5.11 Å². The van der Waals surface area contributed by atoms with Crippen LogP contribution in [-0.2, 0) is 4.74 Å². The molecule has 2 unspecified atom stereocenters. The van der Waals surface area contributed by atoms with E-state index in [1.807, 2.05) is 6.07 Å². The van der Waals surface area contributed by atoms with Gasteiger partial charge in [-0.2, -0.15) is 18.4 Å². The van der Waals surface area contributed by atoms with Crippen LogP contribution >= 0.6 is 0 Å². The number of piperidine rings is 1. The molecule has 158 valence electrons. The summed E-state index contributed by atoms with van der Waals surface area (Å²) in [6.45, 7) is -1.18. The van der Waals surface area contributed by atoms with Crippen molar-refractivity contribution in [3.8, 4) is 6.07 Å². The number of nitriles is 1. The quantitative estimate of drug-likeness (QED) is 0.761. The van der Waals surface area contributed by atoms with Crippen LogP contribution in [0.3, 0.4) is 0 Å². The average molecular weight is 415 g/mol. The molecule has 1 amide bonds. The van der Waals surface area contributed by atoms with E-state index in [1.165, 1.54) is 12.1 Å². The third-order valence-corrected chi connectivity index (χ3v) is 5.85. The molecule has 1 aromatic rings. The minimum atomic E-state index is -4.78. The summed E-state index contributed by atoms with van der Waals surface area (Å²) in [6, 6.07) is 5.29. The van der Waals surface area contributed by atoms with Gasteiger partial charge in [0.1, 0.15) is 17.8 Å². The van der Waals surface area contributed by atoms with E-state index in [0.29, 0.717) is 0 Å². The first-order valence-corrected chi connectivity index (χ1v) is 9.11. The minimum absolute atomic E-state index is 0.0247. The largest absolute Gasteiger partial charge is 0.530 e. The van der Waals surface area contributed by atoms with Gasteiger partial charge in [-0.3, -0.25) is 0 Å². The molecule has 0 saturated carbocycles. The lowest BCUT2D eigenvalue weighted by atomic mass is 9.79. The number of rotatable bonds is 3. The first-order chi connectivity index (χ1) is 13.6. The Balaban J connectivity index is 1.98. The second-order valence-electron chi connectivity index (χ2n) is 7.51. The topological polar surface area (TPSA) is 96.6 Å². The van der Waals surface area contributed by atoms with E-state index in [9.17, 15) is 32.6 Å². The molecule has 10 heteroatoms. The van der Waals surface area contributed by atoms with Crippen LogP contribution in [0.25, 0.3) is 0 Å². The summed E-state index contributed by atoms with van der Waals surface area (Å²) in [4.78, 5) is 12.1. The summed E-state index contributed by atoms with van der Waals surface area (Å²) in [5.41, 5.74) is -1.05. The highest BCUT2D eigenvalue weighted by Gasteiger charge is 2.56. The Morgan fingerprint density at radius 2 is 2.07 bits per heavy atom. The SMILES string of the molecule is N#Cc1ccc(F)c(C2CC3(CCN(C(=O)[O-])CC3)O[C@H]2C(CO)C(F)(F)F)c1. The molecule has 1 spiro atoms. The smallest absolute Gasteiger partial charge is 0.396 e. The van der Waals surface area contributed by atoms with Crippen molar-refractivity contribution in [1.82, 2.24) is 4.90 Å². The van der Waals surface area contributed by atoms with Crippen molar-refractivity contribution in [3.63, 3.8) is 0 Å². The van der Waals surface area contributed by atoms with Gasteiger partial charge < -0.3 is 24.6 Å². The van der Waals surface area contributed by atoms with Gasteiger partial charge in [0, 0.05) is 19.0 Å². The van der Waals surface area contributed by atoms with E-state index in [2.05, 4.69) is 0 Å². The molecule has 0 aliphatic carbocycles. The molecule has 0 aromatic heterocycles. The number of halogens is 4. The number of ether oxygens (including phenoxy) is 1. The van der Waals surface area contributed by atoms with Crippen LogP contribution in [0.1, 0.15) is 36.3 Å². The Labute approximate surface area is 164 Å². The molecule has 2 aliphatic heterocycles. The molecule has 1 N–H and O–H groups in total.